The van der Waals surface area contributed by atoms with Crippen molar-refractivity contribution in [1.29, 1.82) is 0 Å². The molecule has 0 saturated heterocycles. The number of anilines is 2. The minimum absolute atomic E-state index is 0.294. The normalized spacial score (nSPS) is 10.5. The molecule has 0 radical (unpaired) electrons. The monoisotopic (exact) mass is 405 g/mol. The Kier molecular flexibility index (Phi) is 5.53. The summed E-state index contributed by atoms with van der Waals surface area (Å²) in [6.07, 6.45) is 5.00. The number of aromatic nitrogens is 3. The molecule has 6 nitrogen and oxygen atoms in total. The van der Waals surface area contributed by atoms with Gasteiger partial charge in [-0.3, -0.25) is 9.78 Å². The van der Waals surface area contributed by atoms with E-state index in [0.717, 1.165) is 16.3 Å². The van der Waals surface area contributed by atoms with Crippen LogP contribution in [0.2, 0.25) is 0 Å². The van der Waals surface area contributed by atoms with Gasteiger partial charge in [-0.1, -0.05) is 6.07 Å². The Morgan fingerprint density at radius 1 is 1.07 bits per heavy atom. The Balaban J connectivity index is 1.45. The molecule has 1 amide bonds. The molecule has 0 bridgehead atoms. The summed E-state index contributed by atoms with van der Waals surface area (Å²) in [6.45, 7) is 0.295. The highest BCUT2D eigenvalue weighted by Gasteiger charge is 2.13. The average Bonchev–Trinajstić information content (AvgIpc) is 3.22. The molecule has 29 heavy (non-hydrogen) atoms. The molecule has 0 aliphatic heterocycles. The van der Waals surface area contributed by atoms with Crippen LogP contribution in [0.3, 0.4) is 0 Å². The Morgan fingerprint density at radius 2 is 1.93 bits per heavy atom. The van der Waals surface area contributed by atoms with Crippen molar-refractivity contribution >= 4 is 28.7 Å². The second kappa shape index (κ2) is 8.57. The van der Waals surface area contributed by atoms with Crippen LogP contribution in [-0.4, -0.2) is 20.9 Å². The maximum atomic E-state index is 13.4. The van der Waals surface area contributed by atoms with Crippen molar-refractivity contribution in [3.63, 3.8) is 0 Å². The lowest BCUT2D eigenvalue weighted by molar-refractivity contribution is 0.0951. The number of thiazole rings is 1. The first-order valence-electron chi connectivity index (χ1n) is 8.79. The van der Waals surface area contributed by atoms with E-state index < -0.39 is 0 Å². The summed E-state index contributed by atoms with van der Waals surface area (Å²) in [4.78, 5) is 25.4. The van der Waals surface area contributed by atoms with Crippen LogP contribution in [-0.2, 0) is 6.54 Å². The number of nitrogens with one attached hydrogen (secondary N) is 2. The molecule has 4 aromatic rings. The second-order valence-electron chi connectivity index (χ2n) is 6.08. The van der Waals surface area contributed by atoms with E-state index in [0.29, 0.717) is 23.6 Å². The molecule has 0 saturated carbocycles. The maximum Gasteiger partial charge on any atom is 0.255 e. The number of hydrogen-bond acceptors (Lipinski definition) is 6. The Hall–Kier alpha value is -3.65. The first-order valence-corrected chi connectivity index (χ1v) is 9.67. The van der Waals surface area contributed by atoms with Crippen molar-refractivity contribution < 1.29 is 9.18 Å². The van der Waals surface area contributed by atoms with Gasteiger partial charge in [0, 0.05) is 35.2 Å². The number of pyridine rings is 2. The Labute approximate surface area is 170 Å². The van der Waals surface area contributed by atoms with Gasteiger partial charge >= 0.3 is 0 Å². The van der Waals surface area contributed by atoms with E-state index in [-0.39, 0.29) is 11.7 Å². The first-order chi connectivity index (χ1) is 14.2. The molecule has 4 rings (SSSR count). The number of carbonyl (C=O) groups excluding carboxylic acids is 1. The van der Waals surface area contributed by atoms with Crippen LogP contribution < -0.4 is 10.6 Å². The van der Waals surface area contributed by atoms with Crippen molar-refractivity contribution in [2.24, 2.45) is 0 Å². The van der Waals surface area contributed by atoms with E-state index in [9.17, 15) is 9.18 Å². The molecular formula is C21H16FN5OS. The minimum atomic E-state index is -0.370. The molecule has 0 spiro atoms. The summed E-state index contributed by atoms with van der Waals surface area (Å²) in [5.74, 6) is -0.310. The molecule has 2 N–H and O–H groups in total. The van der Waals surface area contributed by atoms with Gasteiger partial charge < -0.3 is 10.6 Å². The highest BCUT2D eigenvalue weighted by Crippen LogP contribution is 2.22. The van der Waals surface area contributed by atoms with Crippen molar-refractivity contribution in [3.8, 4) is 11.3 Å². The lowest BCUT2D eigenvalue weighted by Gasteiger charge is -2.11. The van der Waals surface area contributed by atoms with Crippen LogP contribution in [0.25, 0.3) is 11.3 Å². The van der Waals surface area contributed by atoms with Crippen molar-refractivity contribution in [3.05, 3.63) is 88.9 Å². The number of rotatable bonds is 6. The number of benzene rings is 1. The standard InChI is InChI=1S/C21H16FN5OS/c22-15-3-1-4-16(11-15)26-20-17(5-2-8-24-20)21(28)25-12-19-27-18(13-29-19)14-6-9-23-10-7-14/h1-11,13H,12H2,(H,24,26)(H,25,28). The SMILES string of the molecule is O=C(NCc1nc(-c2ccncc2)cs1)c1cccnc1Nc1cccc(F)c1. The van der Waals surface area contributed by atoms with Crippen LogP contribution in [0, 0.1) is 5.82 Å². The molecule has 0 unspecified atom stereocenters. The molecule has 3 aromatic heterocycles. The van der Waals surface area contributed by atoms with Crippen LogP contribution in [0.5, 0.6) is 0 Å². The molecule has 8 heteroatoms. The van der Waals surface area contributed by atoms with Crippen molar-refractivity contribution in [2.75, 3.05) is 5.32 Å². The summed E-state index contributed by atoms with van der Waals surface area (Å²) in [5.41, 5.74) is 2.70. The summed E-state index contributed by atoms with van der Waals surface area (Å²) in [7, 11) is 0. The van der Waals surface area contributed by atoms with Gasteiger partial charge in [0.1, 0.15) is 16.6 Å². The fraction of sp³-hybridized carbons (Fsp3) is 0.0476. The topological polar surface area (TPSA) is 79.8 Å². The number of halogens is 1. The van der Waals surface area contributed by atoms with Gasteiger partial charge in [0.25, 0.3) is 5.91 Å². The zero-order chi connectivity index (χ0) is 20.1. The van der Waals surface area contributed by atoms with E-state index in [1.54, 1.807) is 42.9 Å². The van der Waals surface area contributed by atoms with Crippen LogP contribution in [0.1, 0.15) is 15.4 Å². The largest absolute Gasteiger partial charge is 0.345 e. The third-order valence-corrected chi connectivity index (χ3v) is 4.92. The van der Waals surface area contributed by atoms with Gasteiger partial charge in [0.05, 0.1) is 17.8 Å². The van der Waals surface area contributed by atoms with Gasteiger partial charge in [-0.05, 0) is 42.5 Å². The first kappa shape index (κ1) is 18.7. The van der Waals surface area contributed by atoms with Gasteiger partial charge in [0.2, 0.25) is 0 Å². The van der Waals surface area contributed by atoms with Crippen LogP contribution in [0.4, 0.5) is 15.9 Å². The fourth-order valence-electron chi connectivity index (χ4n) is 2.69. The van der Waals surface area contributed by atoms with E-state index in [1.165, 1.54) is 23.5 Å². The van der Waals surface area contributed by atoms with E-state index >= 15 is 0 Å². The van der Waals surface area contributed by atoms with Crippen LogP contribution >= 0.6 is 11.3 Å². The van der Waals surface area contributed by atoms with E-state index in [1.807, 2.05) is 17.5 Å². The molecule has 1 aromatic carbocycles. The number of nitrogens with zero attached hydrogens (tertiary/aromatic N) is 3. The predicted octanol–water partition coefficient (Wildman–Crippen LogP) is 4.41. The smallest absolute Gasteiger partial charge is 0.255 e. The predicted molar refractivity (Wildman–Crippen MR) is 110 cm³/mol. The van der Waals surface area contributed by atoms with E-state index in [2.05, 4.69) is 25.6 Å². The zero-order valence-corrected chi connectivity index (χ0v) is 16.0. The van der Waals surface area contributed by atoms with Gasteiger partial charge in [-0.15, -0.1) is 11.3 Å². The highest BCUT2D eigenvalue weighted by atomic mass is 32.1. The lowest BCUT2D eigenvalue weighted by Crippen LogP contribution is -2.24. The van der Waals surface area contributed by atoms with Crippen LogP contribution in [0.15, 0.2) is 72.5 Å². The number of amides is 1. The molecule has 0 aliphatic carbocycles. The number of hydrogen-bond donors (Lipinski definition) is 2. The summed E-state index contributed by atoms with van der Waals surface area (Å²) >= 11 is 1.47. The highest BCUT2D eigenvalue weighted by molar-refractivity contribution is 7.09. The molecule has 0 fully saturated rings. The third-order valence-electron chi connectivity index (χ3n) is 4.07. The van der Waals surface area contributed by atoms with Gasteiger partial charge in [-0.25, -0.2) is 14.4 Å². The van der Waals surface area contributed by atoms with Crippen molar-refractivity contribution in [1.82, 2.24) is 20.3 Å². The summed E-state index contributed by atoms with van der Waals surface area (Å²) < 4.78 is 13.4. The minimum Gasteiger partial charge on any atom is -0.345 e. The quantitative estimate of drug-likeness (QED) is 0.497. The zero-order valence-electron chi connectivity index (χ0n) is 15.2. The molecule has 3 heterocycles. The molecule has 144 valence electrons. The molecular weight excluding hydrogens is 389 g/mol. The number of carbonyl (C=O) groups is 1. The lowest BCUT2D eigenvalue weighted by atomic mass is 10.2. The van der Waals surface area contributed by atoms with E-state index in [4.69, 9.17) is 0 Å². The van der Waals surface area contributed by atoms with Gasteiger partial charge in [0.15, 0.2) is 0 Å². The maximum absolute atomic E-state index is 13.4. The molecule has 0 aliphatic rings. The summed E-state index contributed by atoms with van der Waals surface area (Å²) in [5, 5.41) is 8.58. The second-order valence-corrected chi connectivity index (χ2v) is 7.02. The Bertz CT molecular complexity index is 1130. The molecule has 0 atom stereocenters. The van der Waals surface area contributed by atoms with Gasteiger partial charge in [-0.2, -0.15) is 0 Å². The summed E-state index contributed by atoms with van der Waals surface area (Å²) in [6, 6.07) is 13.1. The van der Waals surface area contributed by atoms with Crippen molar-refractivity contribution in [2.45, 2.75) is 6.54 Å². The fourth-order valence-corrected chi connectivity index (χ4v) is 3.43. The average molecular weight is 405 g/mol. The third kappa shape index (κ3) is 4.61. The Morgan fingerprint density at radius 3 is 2.76 bits per heavy atom.